The van der Waals surface area contributed by atoms with Gasteiger partial charge in [-0.1, -0.05) is 12.1 Å². The summed E-state index contributed by atoms with van der Waals surface area (Å²) in [4.78, 5) is 4.67. The Kier molecular flexibility index (Phi) is 4.34. The third-order valence-electron chi connectivity index (χ3n) is 5.79. The summed E-state index contributed by atoms with van der Waals surface area (Å²) < 4.78 is 42.8. The second-order valence-corrected chi connectivity index (χ2v) is 7.62. The summed E-state index contributed by atoms with van der Waals surface area (Å²) in [6.07, 6.45) is -0.473. The molecule has 0 radical (unpaired) electrons. The highest BCUT2D eigenvalue weighted by molar-refractivity contribution is 5.78. The summed E-state index contributed by atoms with van der Waals surface area (Å²) >= 11 is 0. The number of piperidine rings is 1. The van der Waals surface area contributed by atoms with E-state index in [1.54, 1.807) is 16.6 Å². The van der Waals surface area contributed by atoms with Gasteiger partial charge in [-0.2, -0.15) is 4.98 Å². The molecule has 2 aromatic heterocycles. The highest BCUT2D eigenvalue weighted by atomic mass is 19.4. The fourth-order valence-electron chi connectivity index (χ4n) is 4.50. The Labute approximate surface area is 165 Å². The third kappa shape index (κ3) is 3.62. The highest BCUT2D eigenvalue weighted by Gasteiger charge is 2.39. The number of fused-ring (bicyclic) bond motifs is 3. The van der Waals surface area contributed by atoms with Crippen LogP contribution in [0, 0.1) is 11.8 Å². The van der Waals surface area contributed by atoms with Gasteiger partial charge in [-0.05, 0) is 67.6 Å². The first-order valence-corrected chi connectivity index (χ1v) is 9.65. The summed E-state index contributed by atoms with van der Waals surface area (Å²) in [5, 5.41) is 11.5. The van der Waals surface area contributed by atoms with Crippen molar-refractivity contribution >= 4 is 11.6 Å². The molecule has 0 amide bonds. The minimum absolute atomic E-state index is 0.251. The molecule has 1 aromatic carbocycles. The molecule has 0 unspecified atom stereocenters. The molecule has 1 saturated carbocycles. The smallest absolute Gasteiger partial charge is 0.406 e. The third-order valence-corrected chi connectivity index (χ3v) is 5.79. The van der Waals surface area contributed by atoms with E-state index in [9.17, 15) is 13.2 Å². The molecule has 2 fully saturated rings. The first kappa shape index (κ1) is 18.2. The first-order valence-electron chi connectivity index (χ1n) is 9.65. The summed E-state index contributed by atoms with van der Waals surface area (Å²) in [5.41, 5.74) is 2.19. The number of rotatable bonds is 4. The molecular formula is C20H20F3N5O. The molecule has 29 heavy (non-hydrogen) atoms. The van der Waals surface area contributed by atoms with Gasteiger partial charge in [0, 0.05) is 17.8 Å². The topological polar surface area (TPSA) is 63.5 Å². The van der Waals surface area contributed by atoms with Crippen molar-refractivity contribution < 1.29 is 17.9 Å². The van der Waals surface area contributed by atoms with Gasteiger partial charge in [0.15, 0.2) is 5.65 Å². The number of halogens is 3. The average molecular weight is 403 g/mol. The van der Waals surface area contributed by atoms with E-state index in [4.69, 9.17) is 0 Å². The Morgan fingerprint density at radius 1 is 1.07 bits per heavy atom. The highest BCUT2D eigenvalue weighted by Crippen LogP contribution is 2.35. The zero-order chi connectivity index (χ0) is 20.0. The lowest BCUT2D eigenvalue weighted by Gasteiger charge is -2.30. The van der Waals surface area contributed by atoms with Gasteiger partial charge in [-0.3, -0.25) is 0 Å². The standard InChI is InChI=1S/C20H20F3N5O/c21-20(22,23)29-15-7-5-12(6-8-15)16-2-1-9-28-18(16)26-19(27-28)25-17-13-3-4-14(17)11-24-10-13/h1-2,5-9,13-14,17,24H,3-4,10-11H2,(H,25,27)/t13-,14+,17-. The molecule has 0 spiro atoms. The van der Waals surface area contributed by atoms with Gasteiger partial charge in [0.2, 0.25) is 5.95 Å². The number of anilines is 1. The van der Waals surface area contributed by atoms with Crippen LogP contribution in [0.5, 0.6) is 5.75 Å². The molecule has 1 aliphatic carbocycles. The van der Waals surface area contributed by atoms with Gasteiger partial charge in [-0.15, -0.1) is 18.3 Å². The molecule has 2 bridgehead atoms. The number of hydrogen-bond acceptors (Lipinski definition) is 5. The van der Waals surface area contributed by atoms with Crippen LogP contribution in [0.2, 0.25) is 0 Å². The molecule has 6 nitrogen and oxygen atoms in total. The van der Waals surface area contributed by atoms with Crippen molar-refractivity contribution in [3.8, 4) is 16.9 Å². The Balaban J connectivity index is 1.42. The number of benzene rings is 1. The Bertz CT molecular complexity index is 1000. The van der Waals surface area contributed by atoms with E-state index in [1.807, 2.05) is 18.3 Å². The summed E-state index contributed by atoms with van der Waals surface area (Å²) in [6.45, 7) is 2.03. The molecule has 3 heterocycles. The lowest BCUT2D eigenvalue weighted by molar-refractivity contribution is -0.274. The first-order chi connectivity index (χ1) is 14.0. The van der Waals surface area contributed by atoms with Crippen molar-refractivity contribution in [2.24, 2.45) is 11.8 Å². The van der Waals surface area contributed by atoms with Crippen LogP contribution in [-0.2, 0) is 0 Å². The maximum Gasteiger partial charge on any atom is 0.573 e. The quantitative estimate of drug-likeness (QED) is 0.696. The lowest BCUT2D eigenvalue weighted by atomic mass is 9.94. The van der Waals surface area contributed by atoms with Crippen molar-refractivity contribution in [2.75, 3.05) is 18.4 Å². The molecular weight excluding hydrogens is 383 g/mol. The number of aromatic nitrogens is 3. The second-order valence-electron chi connectivity index (χ2n) is 7.62. The van der Waals surface area contributed by atoms with Crippen molar-refractivity contribution in [1.82, 2.24) is 19.9 Å². The molecule has 3 aromatic rings. The summed E-state index contributed by atoms with van der Waals surface area (Å²) in [7, 11) is 0. The normalized spacial score (nSPS) is 24.0. The predicted octanol–water partition coefficient (Wildman–Crippen LogP) is 3.70. The molecule has 5 rings (SSSR count). The van der Waals surface area contributed by atoms with E-state index in [-0.39, 0.29) is 5.75 Å². The maximum atomic E-state index is 12.4. The molecule has 3 atom stereocenters. The van der Waals surface area contributed by atoms with E-state index in [1.165, 1.54) is 25.0 Å². The number of nitrogens with zero attached hydrogens (tertiary/aromatic N) is 3. The Morgan fingerprint density at radius 3 is 2.48 bits per heavy atom. The van der Waals surface area contributed by atoms with Crippen LogP contribution >= 0.6 is 0 Å². The number of ether oxygens (including phenoxy) is 1. The van der Waals surface area contributed by atoms with Gasteiger partial charge in [-0.25, -0.2) is 4.52 Å². The maximum absolute atomic E-state index is 12.4. The fraction of sp³-hybridized carbons (Fsp3) is 0.400. The minimum Gasteiger partial charge on any atom is -0.406 e. The van der Waals surface area contributed by atoms with Gasteiger partial charge in [0.1, 0.15) is 5.75 Å². The van der Waals surface area contributed by atoms with E-state index in [0.717, 1.165) is 24.2 Å². The summed E-state index contributed by atoms with van der Waals surface area (Å²) in [5.74, 6) is 1.50. The summed E-state index contributed by atoms with van der Waals surface area (Å²) in [6, 6.07) is 9.87. The van der Waals surface area contributed by atoms with E-state index in [0.29, 0.717) is 29.5 Å². The van der Waals surface area contributed by atoms with Crippen LogP contribution in [0.25, 0.3) is 16.8 Å². The van der Waals surface area contributed by atoms with Crippen molar-refractivity contribution in [3.63, 3.8) is 0 Å². The van der Waals surface area contributed by atoms with Gasteiger partial charge in [0.05, 0.1) is 0 Å². The molecule has 2 N–H and O–H groups in total. The van der Waals surface area contributed by atoms with Crippen LogP contribution in [0.3, 0.4) is 0 Å². The number of pyridine rings is 1. The molecule has 9 heteroatoms. The number of hydrogen-bond donors (Lipinski definition) is 2. The largest absolute Gasteiger partial charge is 0.573 e. The van der Waals surface area contributed by atoms with Crippen molar-refractivity contribution in [3.05, 3.63) is 42.6 Å². The second kappa shape index (κ2) is 6.91. The van der Waals surface area contributed by atoms with Crippen LogP contribution in [0.15, 0.2) is 42.6 Å². The fourth-order valence-corrected chi connectivity index (χ4v) is 4.50. The SMILES string of the molecule is FC(F)(F)Oc1ccc(-c2cccn3nc(N[C@@H]4[C@@H]5CC[C@H]4CNC5)nc23)cc1. The lowest BCUT2D eigenvalue weighted by Crippen LogP contribution is -2.45. The van der Waals surface area contributed by atoms with Crippen molar-refractivity contribution in [1.29, 1.82) is 0 Å². The number of nitrogens with one attached hydrogen (secondary N) is 2. The number of alkyl halides is 3. The average Bonchev–Trinajstić information content (AvgIpc) is 3.17. The van der Waals surface area contributed by atoms with E-state index in [2.05, 4.69) is 25.5 Å². The zero-order valence-electron chi connectivity index (χ0n) is 15.5. The predicted molar refractivity (Wildman–Crippen MR) is 102 cm³/mol. The van der Waals surface area contributed by atoms with E-state index < -0.39 is 6.36 Å². The van der Waals surface area contributed by atoms with Crippen LogP contribution < -0.4 is 15.4 Å². The van der Waals surface area contributed by atoms with Crippen LogP contribution in [-0.4, -0.2) is 40.1 Å². The Hall–Kier alpha value is -2.81. The van der Waals surface area contributed by atoms with Crippen LogP contribution in [0.4, 0.5) is 19.1 Å². The van der Waals surface area contributed by atoms with Gasteiger partial charge < -0.3 is 15.4 Å². The molecule has 1 aliphatic heterocycles. The van der Waals surface area contributed by atoms with Crippen LogP contribution in [0.1, 0.15) is 12.8 Å². The minimum atomic E-state index is -4.71. The van der Waals surface area contributed by atoms with Gasteiger partial charge >= 0.3 is 6.36 Å². The molecule has 152 valence electrons. The molecule has 2 aliphatic rings. The van der Waals surface area contributed by atoms with Crippen molar-refractivity contribution in [2.45, 2.75) is 25.2 Å². The van der Waals surface area contributed by atoms with E-state index >= 15 is 0 Å². The van der Waals surface area contributed by atoms with Gasteiger partial charge in [0.25, 0.3) is 0 Å². The Morgan fingerprint density at radius 2 is 1.79 bits per heavy atom. The zero-order valence-corrected chi connectivity index (χ0v) is 15.5. The molecule has 1 saturated heterocycles. The monoisotopic (exact) mass is 403 g/mol.